The second kappa shape index (κ2) is 9.95. The van der Waals surface area contributed by atoms with Gasteiger partial charge in [-0.1, -0.05) is 12.1 Å². The Morgan fingerprint density at radius 1 is 1.00 bits per heavy atom. The van der Waals surface area contributed by atoms with Gasteiger partial charge in [0.2, 0.25) is 10.0 Å². The molecule has 0 radical (unpaired) electrons. The van der Waals surface area contributed by atoms with Crippen LogP contribution in [0, 0.1) is 5.82 Å². The molecule has 2 fully saturated rings. The van der Waals surface area contributed by atoms with E-state index in [2.05, 4.69) is 0 Å². The summed E-state index contributed by atoms with van der Waals surface area (Å²) >= 11 is 0. The van der Waals surface area contributed by atoms with Crippen LogP contribution in [0.25, 0.3) is 0 Å². The fraction of sp³-hybridized carbons (Fsp3) is 0.409. The van der Waals surface area contributed by atoms with Crippen LogP contribution >= 0.6 is 0 Å². The number of hydrogen-bond acceptors (Lipinski definition) is 6. The minimum absolute atomic E-state index is 0.174. The van der Waals surface area contributed by atoms with Gasteiger partial charge in [0.15, 0.2) is 6.61 Å². The van der Waals surface area contributed by atoms with Crippen molar-refractivity contribution in [3.05, 3.63) is 59.9 Å². The summed E-state index contributed by atoms with van der Waals surface area (Å²) in [5.74, 6) is -0.122. The Labute approximate surface area is 186 Å². The maximum atomic E-state index is 13.1. The Bertz CT molecular complexity index is 1020. The van der Waals surface area contributed by atoms with Crippen molar-refractivity contribution in [2.45, 2.75) is 11.0 Å². The van der Waals surface area contributed by atoms with Gasteiger partial charge in [-0.3, -0.25) is 4.79 Å². The van der Waals surface area contributed by atoms with Gasteiger partial charge in [-0.2, -0.15) is 4.31 Å². The van der Waals surface area contributed by atoms with Crippen LogP contribution in [-0.2, 0) is 24.3 Å². The molecule has 172 valence electrons. The smallest absolute Gasteiger partial charge is 0.260 e. The van der Waals surface area contributed by atoms with Crippen LogP contribution in [0.4, 0.5) is 4.39 Å². The summed E-state index contributed by atoms with van der Waals surface area (Å²) in [6.07, 6.45) is -0.321. The fourth-order valence-electron chi connectivity index (χ4n) is 3.64. The summed E-state index contributed by atoms with van der Waals surface area (Å²) in [6, 6.07) is 12.1. The van der Waals surface area contributed by atoms with E-state index >= 15 is 0 Å². The maximum Gasteiger partial charge on any atom is 0.260 e. The molecule has 2 aliphatic rings. The van der Waals surface area contributed by atoms with Crippen molar-refractivity contribution in [3.8, 4) is 5.75 Å². The predicted molar refractivity (Wildman–Crippen MR) is 113 cm³/mol. The molecule has 0 aromatic heterocycles. The molecule has 1 unspecified atom stereocenters. The highest BCUT2D eigenvalue weighted by Gasteiger charge is 2.27. The molecule has 2 aromatic rings. The molecule has 1 amide bonds. The minimum atomic E-state index is -3.58. The minimum Gasteiger partial charge on any atom is -0.484 e. The Morgan fingerprint density at radius 3 is 2.38 bits per heavy atom. The molecule has 0 spiro atoms. The highest BCUT2D eigenvalue weighted by molar-refractivity contribution is 7.89. The molecule has 8 nitrogen and oxygen atoms in total. The van der Waals surface area contributed by atoms with Crippen molar-refractivity contribution in [1.29, 1.82) is 0 Å². The lowest BCUT2D eigenvalue weighted by atomic mass is 10.1. The van der Waals surface area contributed by atoms with Crippen molar-refractivity contribution in [3.63, 3.8) is 0 Å². The quantitative estimate of drug-likeness (QED) is 0.649. The van der Waals surface area contributed by atoms with Crippen molar-refractivity contribution >= 4 is 15.9 Å². The van der Waals surface area contributed by atoms with Crippen LogP contribution in [0.5, 0.6) is 5.75 Å². The first-order valence-corrected chi connectivity index (χ1v) is 11.8. The highest BCUT2D eigenvalue weighted by Crippen LogP contribution is 2.23. The number of carbonyl (C=O) groups excluding carboxylic acids is 1. The van der Waals surface area contributed by atoms with Gasteiger partial charge in [-0.25, -0.2) is 12.8 Å². The predicted octanol–water partition coefficient (Wildman–Crippen LogP) is 1.83. The highest BCUT2D eigenvalue weighted by atomic mass is 32.2. The van der Waals surface area contributed by atoms with Gasteiger partial charge in [-0.05, 0) is 42.0 Å². The maximum absolute atomic E-state index is 13.1. The van der Waals surface area contributed by atoms with Crippen LogP contribution in [-0.4, -0.2) is 76.1 Å². The van der Waals surface area contributed by atoms with Crippen molar-refractivity contribution in [2.75, 3.05) is 52.6 Å². The molecule has 2 heterocycles. The van der Waals surface area contributed by atoms with Gasteiger partial charge < -0.3 is 19.1 Å². The molecule has 4 rings (SSSR count). The zero-order valence-electron chi connectivity index (χ0n) is 17.5. The van der Waals surface area contributed by atoms with Gasteiger partial charge in [0.25, 0.3) is 5.91 Å². The molecule has 0 aliphatic carbocycles. The molecule has 1 atom stereocenters. The third-order valence-corrected chi connectivity index (χ3v) is 7.37. The number of sulfonamides is 1. The van der Waals surface area contributed by atoms with E-state index < -0.39 is 10.0 Å². The van der Waals surface area contributed by atoms with E-state index in [1.165, 1.54) is 28.6 Å². The van der Waals surface area contributed by atoms with Crippen molar-refractivity contribution in [2.24, 2.45) is 0 Å². The Kier molecular flexibility index (Phi) is 7.04. The standard InChI is InChI=1S/C22H25FN2O6S/c23-18-3-1-17(2-4-18)21-15-24(9-14-30-21)22(26)16-31-19-5-7-20(8-6-19)32(27,28)25-10-12-29-13-11-25/h1-8,21H,9-16H2. The van der Waals surface area contributed by atoms with Crippen LogP contribution in [0.3, 0.4) is 0 Å². The zero-order chi connectivity index (χ0) is 22.6. The summed E-state index contributed by atoms with van der Waals surface area (Å²) in [4.78, 5) is 14.4. The number of halogens is 1. The number of carbonyl (C=O) groups is 1. The van der Waals surface area contributed by atoms with Crippen LogP contribution in [0.2, 0.25) is 0 Å². The molecule has 0 bridgehead atoms. The van der Waals surface area contributed by atoms with E-state index in [1.54, 1.807) is 29.2 Å². The normalized spacial score (nSPS) is 20.2. The number of morpholine rings is 2. The van der Waals surface area contributed by atoms with E-state index in [9.17, 15) is 17.6 Å². The second-order valence-corrected chi connectivity index (χ2v) is 9.47. The van der Waals surface area contributed by atoms with Gasteiger partial charge in [0.05, 0.1) is 31.3 Å². The fourth-order valence-corrected chi connectivity index (χ4v) is 5.04. The molecule has 2 aromatic carbocycles. The molecule has 2 aliphatic heterocycles. The lowest BCUT2D eigenvalue weighted by Crippen LogP contribution is -2.44. The molecule has 2 saturated heterocycles. The number of hydrogen-bond donors (Lipinski definition) is 0. The van der Waals surface area contributed by atoms with Crippen LogP contribution in [0.15, 0.2) is 53.4 Å². The number of nitrogens with zero attached hydrogens (tertiary/aromatic N) is 2. The van der Waals surface area contributed by atoms with E-state index in [4.69, 9.17) is 14.2 Å². The summed E-state index contributed by atoms with van der Waals surface area (Å²) < 4.78 is 56.4. The van der Waals surface area contributed by atoms with Crippen LogP contribution < -0.4 is 4.74 Å². The third-order valence-electron chi connectivity index (χ3n) is 5.45. The topological polar surface area (TPSA) is 85.4 Å². The molecular formula is C22H25FN2O6S. The number of ether oxygens (including phenoxy) is 3. The van der Waals surface area contributed by atoms with Crippen LogP contribution in [0.1, 0.15) is 11.7 Å². The lowest BCUT2D eigenvalue weighted by Gasteiger charge is -2.33. The Morgan fingerprint density at radius 2 is 1.69 bits per heavy atom. The SMILES string of the molecule is O=C(COc1ccc(S(=O)(=O)N2CCOCC2)cc1)N1CCOC(c2ccc(F)cc2)C1. The Balaban J connectivity index is 1.32. The van der Waals surface area contributed by atoms with E-state index in [1.807, 2.05) is 0 Å². The summed E-state index contributed by atoms with van der Waals surface area (Å²) in [5.41, 5.74) is 0.807. The number of amides is 1. The molecular weight excluding hydrogens is 439 g/mol. The molecule has 0 saturated carbocycles. The van der Waals surface area contributed by atoms with Gasteiger partial charge in [-0.15, -0.1) is 0 Å². The van der Waals surface area contributed by atoms with E-state index in [-0.39, 0.29) is 29.3 Å². The molecule has 10 heteroatoms. The largest absolute Gasteiger partial charge is 0.484 e. The Hall–Kier alpha value is -2.53. The first kappa shape index (κ1) is 22.7. The number of rotatable bonds is 6. The first-order chi connectivity index (χ1) is 15.4. The van der Waals surface area contributed by atoms with Gasteiger partial charge in [0.1, 0.15) is 17.7 Å². The van der Waals surface area contributed by atoms with Crippen molar-refractivity contribution in [1.82, 2.24) is 9.21 Å². The molecule has 0 N–H and O–H groups in total. The molecule has 32 heavy (non-hydrogen) atoms. The third kappa shape index (κ3) is 5.26. The second-order valence-electron chi connectivity index (χ2n) is 7.53. The van der Waals surface area contributed by atoms with E-state index in [0.29, 0.717) is 51.7 Å². The summed E-state index contributed by atoms with van der Waals surface area (Å²) in [6.45, 7) is 2.41. The first-order valence-electron chi connectivity index (χ1n) is 10.4. The summed E-state index contributed by atoms with van der Waals surface area (Å²) in [7, 11) is -3.58. The monoisotopic (exact) mass is 464 g/mol. The van der Waals surface area contributed by atoms with Gasteiger partial charge in [0, 0.05) is 19.6 Å². The number of benzene rings is 2. The summed E-state index contributed by atoms with van der Waals surface area (Å²) in [5, 5.41) is 0. The van der Waals surface area contributed by atoms with Gasteiger partial charge >= 0.3 is 0 Å². The average molecular weight is 465 g/mol. The lowest BCUT2D eigenvalue weighted by molar-refractivity contribution is -0.141. The van der Waals surface area contributed by atoms with Crippen molar-refractivity contribution < 1.29 is 31.8 Å². The van der Waals surface area contributed by atoms with E-state index in [0.717, 1.165) is 5.56 Å². The zero-order valence-corrected chi connectivity index (χ0v) is 18.3. The average Bonchev–Trinajstić information content (AvgIpc) is 2.84.